The number of carboxylic acid groups (broad SMARTS) is 1. The van der Waals surface area contributed by atoms with Crippen LogP contribution in [0.2, 0.25) is 0 Å². The summed E-state index contributed by atoms with van der Waals surface area (Å²) in [4.78, 5) is 18.0. The van der Waals surface area contributed by atoms with E-state index in [0.29, 0.717) is 6.54 Å². The molecular formula is C10H16N2O2S. The van der Waals surface area contributed by atoms with Gasteiger partial charge < -0.3 is 5.11 Å². The maximum Gasteiger partial charge on any atom is 0.320 e. The Morgan fingerprint density at radius 1 is 1.60 bits per heavy atom. The minimum atomic E-state index is -0.795. The molecule has 0 spiro atoms. The minimum absolute atomic E-state index is 0.466. The van der Waals surface area contributed by atoms with Crippen LogP contribution in [0.25, 0.3) is 0 Å². The van der Waals surface area contributed by atoms with E-state index < -0.39 is 12.0 Å². The van der Waals surface area contributed by atoms with Gasteiger partial charge in [-0.1, -0.05) is 0 Å². The summed E-state index contributed by atoms with van der Waals surface area (Å²) in [5.74, 6) is -0.795. The Morgan fingerprint density at radius 3 is 2.60 bits per heavy atom. The predicted octanol–water partition coefficient (Wildman–Crippen LogP) is 1.66. The van der Waals surface area contributed by atoms with E-state index in [2.05, 4.69) is 4.98 Å². The first kappa shape index (κ1) is 12.1. The van der Waals surface area contributed by atoms with Gasteiger partial charge in [-0.3, -0.25) is 9.69 Å². The van der Waals surface area contributed by atoms with Crippen LogP contribution in [0, 0.1) is 13.8 Å². The highest BCUT2D eigenvalue weighted by Crippen LogP contribution is 2.19. The highest BCUT2D eigenvalue weighted by atomic mass is 32.1. The first-order chi connectivity index (χ1) is 6.91. The van der Waals surface area contributed by atoms with E-state index in [-0.39, 0.29) is 0 Å². The van der Waals surface area contributed by atoms with Crippen LogP contribution in [-0.4, -0.2) is 34.0 Å². The number of rotatable bonds is 4. The summed E-state index contributed by atoms with van der Waals surface area (Å²) in [6.07, 6.45) is 0. The minimum Gasteiger partial charge on any atom is -0.480 e. The van der Waals surface area contributed by atoms with Gasteiger partial charge in [-0.15, -0.1) is 11.3 Å². The van der Waals surface area contributed by atoms with Crippen molar-refractivity contribution in [1.29, 1.82) is 0 Å². The van der Waals surface area contributed by atoms with E-state index in [0.717, 1.165) is 15.6 Å². The normalized spacial score (nSPS) is 13.1. The molecule has 84 valence electrons. The number of hydrogen-bond acceptors (Lipinski definition) is 4. The summed E-state index contributed by atoms with van der Waals surface area (Å²) in [6.45, 7) is 6.25. The van der Waals surface area contributed by atoms with Gasteiger partial charge in [0.05, 0.1) is 10.7 Å². The standard InChI is InChI=1S/C10H16N2O2S/c1-6-9(15-8(3)11-6)5-12(4)7(2)10(13)14/h7H,5H2,1-4H3,(H,13,14). The first-order valence-corrected chi connectivity index (χ1v) is 5.59. The van der Waals surface area contributed by atoms with Crippen LogP contribution in [0.1, 0.15) is 22.5 Å². The van der Waals surface area contributed by atoms with Crippen molar-refractivity contribution >= 4 is 17.3 Å². The van der Waals surface area contributed by atoms with Crippen LogP contribution < -0.4 is 0 Å². The van der Waals surface area contributed by atoms with Crippen molar-refractivity contribution in [3.05, 3.63) is 15.6 Å². The fraction of sp³-hybridized carbons (Fsp3) is 0.600. The monoisotopic (exact) mass is 228 g/mol. The number of nitrogens with zero attached hydrogens (tertiary/aromatic N) is 2. The molecule has 0 aromatic carbocycles. The van der Waals surface area contributed by atoms with E-state index in [1.807, 2.05) is 25.8 Å². The van der Waals surface area contributed by atoms with Crippen molar-refractivity contribution in [3.63, 3.8) is 0 Å². The summed E-state index contributed by atoms with van der Waals surface area (Å²) < 4.78 is 0. The maximum atomic E-state index is 10.8. The highest BCUT2D eigenvalue weighted by Gasteiger charge is 2.18. The number of aromatic nitrogens is 1. The van der Waals surface area contributed by atoms with E-state index in [9.17, 15) is 4.79 Å². The zero-order valence-corrected chi connectivity index (χ0v) is 10.3. The molecule has 0 aliphatic rings. The van der Waals surface area contributed by atoms with E-state index in [1.165, 1.54) is 0 Å². The smallest absolute Gasteiger partial charge is 0.320 e. The molecule has 0 saturated carbocycles. The molecule has 5 heteroatoms. The van der Waals surface area contributed by atoms with Crippen molar-refractivity contribution in [2.24, 2.45) is 0 Å². The van der Waals surface area contributed by atoms with Crippen LogP contribution in [0.4, 0.5) is 0 Å². The Kier molecular flexibility index (Phi) is 3.82. The SMILES string of the molecule is Cc1nc(C)c(CN(C)C(C)C(=O)O)s1. The molecule has 0 fully saturated rings. The summed E-state index contributed by atoms with van der Waals surface area (Å²) in [5.41, 5.74) is 1.00. The van der Waals surface area contributed by atoms with E-state index in [4.69, 9.17) is 5.11 Å². The number of hydrogen-bond donors (Lipinski definition) is 1. The van der Waals surface area contributed by atoms with Gasteiger partial charge in [0.1, 0.15) is 6.04 Å². The van der Waals surface area contributed by atoms with Crippen molar-refractivity contribution in [3.8, 4) is 0 Å². The van der Waals surface area contributed by atoms with Gasteiger partial charge in [0.15, 0.2) is 0 Å². The largest absolute Gasteiger partial charge is 0.480 e. The van der Waals surface area contributed by atoms with Crippen molar-refractivity contribution in [2.75, 3.05) is 7.05 Å². The summed E-state index contributed by atoms with van der Waals surface area (Å²) >= 11 is 1.63. The second-order valence-electron chi connectivity index (χ2n) is 3.67. The lowest BCUT2D eigenvalue weighted by Crippen LogP contribution is -2.35. The highest BCUT2D eigenvalue weighted by molar-refractivity contribution is 7.11. The molecule has 0 aliphatic heterocycles. The van der Waals surface area contributed by atoms with Gasteiger partial charge >= 0.3 is 5.97 Å². The molecule has 1 aromatic rings. The average molecular weight is 228 g/mol. The molecule has 0 aliphatic carbocycles. The number of carboxylic acids is 1. The number of aliphatic carboxylic acids is 1. The summed E-state index contributed by atoms with van der Waals surface area (Å²) in [5, 5.41) is 9.88. The average Bonchev–Trinajstić information content (AvgIpc) is 2.43. The molecule has 1 heterocycles. The lowest BCUT2D eigenvalue weighted by Gasteiger charge is -2.20. The zero-order chi connectivity index (χ0) is 11.6. The van der Waals surface area contributed by atoms with Crippen LogP contribution in [-0.2, 0) is 11.3 Å². The maximum absolute atomic E-state index is 10.8. The number of likely N-dealkylation sites (N-methyl/N-ethyl adjacent to an activating group) is 1. The van der Waals surface area contributed by atoms with E-state index in [1.54, 1.807) is 18.3 Å². The predicted molar refractivity (Wildman–Crippen MR) is 60.2 cm³/mol. The molecule has 1 atom stereocenters. The molecule has 0 radical (unpaired) electrons. The molecule has 0 bridgehead atoms. The summed E-state index contributed by atoms with van der Waals surface area (Å²) in [7, 11) is 1.81. The Labute approximate surface area is 93.6 Å². The Hall–Kier alpha value is -0.940. The number of carbonyl (C=O) groups is 1. The fourth-order valence-electron chi connectivity index (χ4n) is 1.27. The van der Waals surface area contributed by atoms with Crippen LogP contribution in [0.5, 0.6) is 0 Å². The Morgan fingerprint density at radius 2 is 2.20 bits per heavy atom. The molecule has 1 N–H and O–H groups in total. The quantitative estimate of drug-likeness (QED) is 0.851. The third-order valence-electron chi connectivity index (χ3n) is 2.41. The van der Waals surface area contributed by atoms with Gasteiger partial charge in [-0.05, 0) is 27.8 Å². The molecule has 0 amide bonds. The lowest BCUT2D eigenvalue weighted by atomic mass is 10.3. The van der Waals surface area contributed by atoms with Crippen molar-refractivity contribution in [2.45, 2.75) is 33.4 Å². The van der Waals surface area contributed by atoms with Gasteiger partial charge in [0.25, 0.3) is 0 Å². The van der Waals surface area contributed by atoms with Crippen molar-refractivity contribution < 1.29 is 9.90 Å². The second-order valence-corrected chi connectivity index (χ2v) is 4.96. The Balaban J connectivity index is 2.70. The van der Waals surface area contributed by atoms with Crippen LogP contribution in [0.3, 0.4) is 0 Å². The number of aryl methyl sites for hydroxylation is 2. The zero-order valence-electron chi connectivity index (χ0n) is 9.44. The van der Waals surface area contributed by atoms with Gasteiger partial charge in [-0.2, -0.15) is 0 Å². The molecule has 1 aromatic heterocycles. The summed E-state index contributed by atoms with van der Waals surface area (Å²) in [6, 6.07) is -0.466. The molecular weight excluding hydrogens is 212 g/mol. The molecule has 1 rings (SSSR count). The topological polar surface area (TPSA) is 53.4 Å². The van der Waals surface area contributed by atoms with Gasteiger partial charge in [0, 0.05) is 11.4 Å². The Bertz CT molecular complexity index is 362. The number of thiazole rings is 1. The third-order valence-corrected chi connectivity index (χ3v) is 3.47. The lowest BCUT2D eigenvalue weighted by molar-refractivity contribution is -0.142. The van der Waals surface area contributed by atoms with E-state index >= 15 is 0 Å². The molecule has 15 heavy (non-hydrogen) atoms. The van der Waals surface area contributed by atoms with Gasteiger partial charge in [0.2, 0.25) is 0 Å². The molecule has 4 nitrogen and oxygen atoms in total. The van der Waals surface area contributed by atoms with Crippen LogP contribution in [0.15, 0.2) is 0 Å². The molecule has 1 unspecified atom stereocenters. The van der Waals surface area contributed by atoms with Crippen molar-refractivity contribution in [1.82, 2.24) is 9.88 Å². The molecule has 0 saturated heterocycles. The fourth-order valence-corrected chi connectivity index (χ4v) is 2.27. The second kappa shape index (κ2) is 4.72. The van der Waals surface area contributed by atoms with Crippen LogP contribution >= 0.6 is 11.3 Å². The first-order valence-electron chi connectivity index (χ1n) is 4.77. The van der Waals surface area contributed by atoms with Gasteiger partial charge in [-0.25, -0.2) is 4.98 Å². The third kappa shape index (κ3) is 3.00.